The molecule has 128 valence electrons. The fourth-order valence-electron chi connectivity index (χ4n) is 2.22. The number of likely N-dealkylation sites (N-methyl/N-ethyl adjacent to an activating group) is 1. The fraction of sp³-hybridized carbons (Fsp3) is 0.529. The van der Waals surface area contributed by atoms with Crippen molar-refractivity contribution < 1.29 is 19.4 Å². The van der Waals surface area contributed by atoms with E-state index in [1.54, 1.807) is 21.1 Å². The fourth-order valence-corrected chi connectivity index (χ4v) is 2.22. The number of carbonyl (C=O) groups excluding carboxylic acids is 1. The number of ether oxygens (including phenoxy) is 1. The average molecular weight is 322 g/mol. The van der Waals surface area contributed by atoms with Gasteiger partial charge in [-0.05, 0) is 37.6 Å². The average Bonchev–Trinajstić information content (AvgIpc) is 2.51. The molecule has 0 aliphatic heterocycles. The molecule has 0 aliphatic rings. The minimum absolute atomic E-state index is 0.0346. The molecule has 6 heteroatoms. The van der Waals surface area contributed by atoms with E-state index in [0.29, 0.717) is 0 Å². The quantitative estimate of drug-likeness (QED) is 0.764. The van der Waals surface area contributed by atoms with Gasteiger partial charge in [0.05, 0.1) is 19.7 Å². The van der Waals surface area contributed by atoms with Crippen LogP contribution >= 0.6 is 0 Å². The highest BCUT2D eigenvalue weighted by molar-refractivity contribution is 5.80. The number of carboxylic acids is 1. The molecule has 23 heavy (non-hydrogen) atoms. The maximum absolute atomic E-state index is 12.2. The number of rotatable bonds is 8. The van der Waals surface area contributed by atoms with E-state index in [2.05, 4.69) is 5.32 Å². The molecule has 1 aromatic carbocycles. The molecule has 0 bridgehead atoms. The number of methoxy groups -OCH3 is 1. The van der Waals surface area contributed by atoms with E-state index in [-0.39, 0.29) is 24.4 Å². The third-order valence-corrected chi connectivity index (χ3v) is 3.87. The van der Waals surface area contributed by atoms with E-state index in [4.69, 9.17) is 9.84 Å². The minimum Gasteiger partial charge on any atom is -0.497 e. The molecular formula is C17H26N2O4. The summed E-state index contributed by atoms with van der Waals surface area (Å²) in [7, 11) is 3.23. The topological polar surface area (TPSA) is 78.9 Å². The number of benzene rings is 1. The van der Waals surface area contributed by atoms with Crippen LogP contribution in [0.1, 0.15) is 32.4 Å². The number of aliphatic carboxylic acids is 1. The number of carboxylic acid groups (broad SMARTS) is 1. The Hall–Kier alpha value is -2.08. The highest BCUT2D eigenvalue weighted by atomic mass is 16.5. The third kappa shape index (κ3) is 5.56. The number of hydrogen-bond donors (Lipinski definition) is 2. The Morgan fingerprint density at radius 3 is 2.22 bits per heavy atom. The van der Waals surface area contributed by atoms with Crippen molar-refractivity contribution in [1.82, 2.24) is 10.2 Å². The Morgan fingerprint density at radius 2 is 1.78 bits per heavy atom. The van der Waals surface area contributed by atoms with E-state index < -0.39 is 12.0 Å². The Labute approximate surface area is 137 Å². The summed E-state index contributed by atoms with van der Waals surface area (Å²) in [6.07, 6.45) is 0. The molecule has 1 amide bonds. The minimum atomic E-state index is -0.948. The molecule has 0 saturated heterocycles. The zero-order chi connectivity index (χ0) is 17.6. The summed E-state index contributed by atoms with van der Waals surface area (Å²) < 4.78 is 5.14. The summed E-state index contributed by atoms with van der Waals surface area (Å²) in [5.74, 6) is -0.182. The second-order valence-electron chi connectivity index (χ2n) is 5.99. The summed E-state index contributed by atoms with van der Waals surface area (Å²) in [4.78, 5) is 24.7. The van der Waals surface area contributed by atoms with Crippen LogP contribution in [-0.4, -0.2) is 48.6 Å². The van der Waals surface area contributed by atoms with Gasteiger partial charge in [-0.25, -0.2) is 0 Å². The normalized spacial score (nSPS) is 13.7. The Morgan fingerprint density at radius 1 is 1.22 bits per heavy atom. The van der Waals surface area contributed by atoms with Crippen molar-refractivity contribution in [3.05, 3.63) is 29.8 Å². The predicted molar refractivity (Wildman–Crippen MR) is 88.4 cm³/mol. The molecule has 2 atom stereocenters. The summed E-state index contributed by atoms with van der Waals surface area (Å²) in [5, 5.41) is 12.0. The van der Waals surface area contributed by atoms with Crippen molar-refractivity contribution >= 4 is 11.9 Å². The van der Waals surface area contributed by atoms with Gasteiger partial charge >= 0.3 is 5.97 Å². The third-order valence-electron chi connectivity index (χ3n) is 3.87. The van der Waals surface area contributed by atoms with Gasteiger partial charge in [0.2, 0.25) is 5.91 Å². The molecule has 1 rings (SSSR count). The number of amides is 1. The lowest BCUT2D eigenvalue weighted by Gasteiger charge is -2.26. The first-order valence-corrected chi connectivity index (χ1v) is 7.62. The van der Waals surface area contributed by atoms with Crippen molar-refractivity contribution in [2.24, 2.45) is 5.92 Å². The molecule has 2 N–H and O–H groups in total. The highest BCUT2D eigenvalue weighted by Crippen LogP contribution is 2.23. The predicted octanol–water partition coefficient (Wildman–Crippen LogP) is 1.91. The number of hydrogen-bond acceptors (Lipinski definition) is 4. The Kier molecular flexibility index (Phi) is 7.03. The molecule has 1 aromatic rings. The first kappa shape index (κ1) is 19.0. The van der Waals surface area contributed by atoms with Crippen molar-refractivity contribution in [2.75, 3.05) is 20.7 Å². The molecule has 6 nitrogen and oxygen atoms in total. The molecule has 0 saturated carbocycles. The number of carbonyl (C=O) groups is 2. The first-order valence-electron chi connectivity index (χ1n) is 7.62. The van der Waals surface area contributed by atoms with Gasteiger partial charge in [-0.3, -0.25) is 14.5 Å². The maximum atomic E-state index is 12.2. The van der Waals surface area contributed by atoms with Crippen LogP contribution in [0.2, 0.25) is 0 Å². The zero-order valence-electron chi connectivity index (χ0n) is 14.4. The van der Waals surface area contributed by atoms with Gasteiger partial charge in [0.25, 0.3) is 0 Å². The van der Waals surface area contributed by atoms with Gasteiger partial charge < -0.3 is 15.2 Å². The van der Waals surface area contributed by atoms with Crippen LogP contribution in [0.5, 0.6) is 5.75 Å². The van der Waals surface area contributed by atoms with E-state index in [9.17, 15) is 9.59 Å². The lowest BCUT2D eigenvalue weighted by atomic mass is 9.96. The van der Waals surface area contributed by atoms with Crippen molar-refractivity contribution in [3.8, 4) is 5.75 Å². The van der Waals surface area contributed by atoms with Gasteiger partial charge in [-0.1, -0.05) is 26.0 Å². The van der Waals surface area contributed by atoms with Gasteiger partial charge in [0.15, 0.2) is 0 Å². The van der Waals surface area contributed by atoms with Crippen molar-refractivity contribution in [2.45, 2.75) is 32.9 Å². The van der Waals surface area contributed by atoms with Crippen molar-refractivity contribution in [1.29, 1.82) is 0 Å². The Bertz CT molecular complexity index is 528. The second-order valence-corrected chi connectivity index (χ2v) is 5.99. The summed E-state index contributed by atoms with van der Waals surface area (Å²) in [6.45, 7) is 5.64. The standard InChI is InChI=1S/C17H26N2O4/c1-11(2)16(13-6-8-14(23-5)9-7-13)18-15(20)10-19(4)12(3)17(21)22/h6-9,11-12,16H,10H2,1-5H3,(H,18,20)(H,21,22). The summed E-state index contributed by atoms with van der Waals surface area (Å²) >= 11 is 0. The summed E-state index contributed by atoms with van der Waals surface area (Å²) in [6, 6.07) is 6.72. The van der Waals surface area contributed by atoms with Crippen LogP contribution in [0.25, 0.3) is 0 Å². The van der Waals surface area contributed by atoms with Crippen LogP contribution in [0, 0.1) is 5.92 Å². The molecule has 0 heterocycles. The number of nitrogens with one attached hydrogen (secondary N) is 1. The van der Waals surface area contributed by atoms with E-state index in [1.807, 2.05) is 38.1 Å². The molecule has 0 aromatic heterocycles. The zero-order valence-corrected chi connectivity index (χ0v) is 14.4. The second kappa shape index (κ2) is 8.53. The summed E-state index contributed by atoms with van der Waals surface area (Å²) in [5.41, 5.74) is 0.989. The molecule has 0 spiro atoms. The molecule has 0 aliphatic carbocycles. The maximum Gasteiger partial charge on any atom is 0.320 e. The van der Waals surface area contributed by atoms with Crippen LogP contribution in [0.4, 0.5) is 0 Å². The smallest absolute Gasteiger partial charge is 0.320 e. The van der Waals surface area contributed by atoms with Gasteiger partial charge in [-0.2, -0.15) is 0 Å². The van der Waals surface area contributed by atoms with Crippen LogP contribution < -0.4 is 10.1 Å². The molecule has 0 radical (unpaired) electrons. The number of nitrogens with zero attached hydrogens (tertiary/aromatic N) is 1. The molecular weight excluding hydrogens is 296 g/mol. The highest BCUT2D eigenvalue weighted by Gasteiger charge is 2.22. The van der Waals surface area contributed by atoms with Crippen LogP contribution in [-0.2, 0) is 9.59 Å². The molecule has 0 fully saturated rings. The largest absolute Gasteiger partial charge is 0.497 e. The lowest BCUT2D eigenvalue weighted by Crippen LogP contribution is -2.44. The first-order chi connectivity index (χ1) is 10.8. The SMILES string of the molecule is COc1ccc(C(NC(=O)CN(C)C(C)C(=O)O)C(C)C)cc1. The molecule has 2 unspecified atom stereocenters. The Balaban J connectivity index is 2.75. The lowest BCUT2D eigenvalue weighted by molar-refractivity contribution is -0.142. The van der Waals surface area contributed by atoms with Crippen LogP contribution in [0.15, 0.2) is 24.3 Å². The van der Waals surface area contributed by atoms with Gasteiger partial charge in [0, 0.05) is 0 Å². The van der Waals surface area contributed by atoms with Crippen LogP contribution in [0.3, 0.4) is 0 Å². The van der Waals surface area contributed by atoms with Gasteiger partial charge in [-0.15, -0.1) is 0 Å². The van der Waals surface area contributed by atoms with E-state index in [0.717, 1.165) is 11.3 Å². The van der Waals surface area contributed by atoms with Gasteiger partial charge in [0.1, 0.15) is 11.8 Å². The monoisotopic (exact) mass is 322 g/mol. The van der Waals surface area contributed by atoms with E-state index in [1.165, 1.54) is 4.90 Å². The van der Waals surface area contributed by atoms with Crippen molar-refractivity contribution in [3.63, 3.8) is 0 Å². The van der Waals surface area contributed by atoms with E-state index >= 15 is 0 Å².